The first-order valence-electron chi connectivity index (χ1n) is 9.63. The van der Waals surface area contributed by atoms with E-state index in [1.54, 1.807) is 18.2 Å². The zero-order valence-electron chi connectivity index (χ0n) is 16.7. The molecule has 28 heavy (non-hydrogen) atoms. The lowest BCUT2D eigenvalue weighted by Crippen LogP contribution is -2.34. The Bertz CT molecular complexity index is 795. The average Bonchev–Trinajstić information content (AvgIpc) is 2.68. The summed E-state index contributed by atoms with van der Waals surface area (Å²) in [6.07, 6.45) is 3.07. The molecule has 6 heteroatoms. The van der Waals surface area contributed by atoms with Gasteiger partial charge in [0.25, 0.3) is 5.91 Å². The summed E-state index contributed by atoms with van der Waals surface area (Å²) >= 11 is 5.27. The predicted octanol–water partition coefficient (Wildman–Crippen LogP) is 5.17. The van der Waals surface area contributed by atoms with Crippen molar-refractivity contribution in [2.75, 3.05) is 11.9 Å². The van der Waals surface area contributed by atoms with E-state index >= 15 is 0 Å². The summed E-state index contributed by atoms with van der Waals surface area (Å²) in [5.74, 6) is 1.14. The highest BCUT2D eigenvalue weighted by Gasteiger charge is 2.10. The van der Waals surface area contributed by atoms with E-state index in [0.29, 0.717) is 17.9 Å². The number of carbonyl (C=O) groups excluding carboxylic acids is 1. The Morgan fingerprint density at radius 2 is 1.86 bits per heavy atom. The number of thiocarbonyl (C=S) groups is 1. The van der Waals surface area contributed by atoms with Crippen molar-refractivity contribution in [2.24, 2.45) is 0 Å². The third-order valence-corrected chi connectivity index (χ3v) is 4.30. The Kier molecular flexibility index (Phi) is 8.75. The van der Waals surface area contributed by atoms with Gasteiger partial charge >= 0.3 is 0 Å². The highest BCUT2D eigenvalue weighted by atomic mass is 32.1. The van der Waals surface area contributed by atoms with Crippen LogP contribution in [0.25, 0.3) is 0 Å². The van der Waals surface area contributed by atoms with E-state index in [4.69, 9.17) is 21.7 Å². The first kappa shape index (κ1) is 21.7. The first-order chi connectivity index (χ1) is 13.5. The normalized spacial score (nSPS) is 11.4. The standard InChI is InChI=1S/C22H28N2O3S/c1-4-6-13-26-19-11-8-10-18(15-19)23-22(28)24-21(25)17-9-7-12-20(14-17)27-16(3)5-2/h7-12,14-16H,4-6,13H2,1-3H3,(H2,23,24,25,28). The van der Waals surface area contributed by atoms with Gasteiger partial charge in [0.05, 0.1) is 12.7 Å². The summed E-state index contributed by atoms with van der Waals surface area (Å²) in [5.41, 5.74) is 1.25. The van der Waals surface area contributed by atoms with Crippen LogP contribution >= 0.6 is 12.2 Å². The van der Waals surface area contributed by atoms with E-state index in [1.165, 1.54) is 0 Å². The Morgan fingerprint density at radius 1 is 1.11 bits per heavy atom. The van der Waals surface area contributed by atoms with Crippen molar-refractivity contribution in [2.45, 2.75) is 46.1 Å². The van der Waals surface area contributed by atoms with Crippen LogP contribution in [-0.2, 0) is 0 Å². The Balaban J connectivity index is 1.93. The lowest BCUT2D eigenvalue weighted by Gasteiger charge is -2.14. The smallest absolute Gasteiger partial charge is 0.257 e. The third kappa shape index (κ3) is 7.19. The lowest BCUT2D eigenvalue weighted by molar-refractivity contribution is 0.0977. The van der Waals surface area contributed by atoms with Crippen LogP contribution < -0.4 is 20.1 Å². The molecule has 5 nitrogen and oxygen atoms in total. The molecule has 0 radical (unpaired) electrons. The van der Waals surface area contributed by atoms with Gasteiger partial charge in [-0.05, 0) is 62.3 Å². The highest BCUT2D eigenvalue weighted by Crippen LogP contribution is 2.18. The van der Waals surface area contributed by atoms with Gasteiger partial charge in [-0.2, -0.15) is 0 Å². The molecule has 0 saturated heterocycles. The summed E-state index contributed by atoms with van der Waals surface area (Å²) in [4.78, 5) is 12.5. The van der Waals surface area contributed by atoms with E-state index in [0.717, 1.165) is 30.7 Å². The van der Waals surface area contributed by atoms with Crippen molar-refractivity contribution in [1.82, 2.24) is 5.32 Å². The molecule has 1 amide bonds. The van der Waals surface area contributed by atoms with Gasteiger partial charge in [-0.1, -0.05) is 32.4 Å². The van der Waals surface area contributed by atoms with Crippen LogP contribution in [0.3, 0.4) is 0 Å². The number of anilines is 1. The van der Waals surface area contributed by atoms with Crippen LogP contribution in [0, 0.1) is 0 Å². The van der Waals surface area contributed by atoms with Crippen LogP contribution in [0.2, 0.25) is 0 Å². The summed E-state index contributed by atoms with van der Waals surface area (Å²) in [7, 11) is 0. The van der Waals surface area contributed by atoms with Crippen LogP contribution in [0.1, 0.15) is 50.4 Å². The molecule has 2 aromatic carbocycles. The SMILES string of the molecule is CCCCOc1cccc(NC(=S)NC(=O)c2cccc(OC(C)CC)c2)c1. The van der Waals surface area contributed by atoms with Crippen LogP contribution in [0.4, 0.5) is 5.69 Å². The van der Waals surface area contributed by atoms with Gasteiger partial charge in [0.15, 0.2) is 5.11 Å². The van der Waals surface area contributed by atoms with E-state index in [-0.39, 0.29) is 17.1 Å². The number of ether oxygens (including phenoxy) is 2. The minimum atomic E-state index is -0.289. The molecule has 0 saturated carbocycles. The van der Waals surface area contributed by atoms with Crippen LogP contribution in [0.15, 0.2) is 48.5 Å². The maximum absolute atomic E-state index is 12.5. The molecule has 1 atom stereocenters. The molecule has 0 heterocycles. The molecule has 2 N–H and O–H groups in total. The molecular weight excluding hydrogens is 372 g/mol. The van der Waals surface area contributed by atoms with Gasteiger partial charge in [-0.15, -0.1) is 0 Å². The summed E-state index contributed by atoms with van der Waals surface area (Å²) in [5, 5.41) is 5.94. The zero-order valence-corrected chi connectivity index (χ0v) is 17.5. The fourth-order valence-electron chi connectivity index (χ4n) is 2.36. The molecule has 150 valence electrons. The van der Waals surface area contributed by atoms with Crippen molar-refractivity contribution in [1.29, 1.82) is 0 Å². The molecule has 1 unspecified atom stereocenters. The molecule has 0 spiro atoms. The van der Waals surface area contributed by atoms with Crippen molar-refractivity contribution in [3.63, 3.8) is 0 Å². The zero-order chi connectivity index (χ0) is 20.4. The van der Waals surface area contributed by atoms with Gasteiger partial charge in [0.1, 0.15) is 11.5 Å². The van der Waals surface area contributed by atoms with Crippen molar-refractivity contribution in [3.05, 3.63) is 54.1 Å². The predicted molar refractivity (Wildman–Crippen MR) is 117 cm³/mol. The Labute approximate surface area is 172 Å². The lowest BCUT2D eigenvalue weighted by atomic mass is 10.2. The molecule has 2 rings (SSSR count). The molecule has 0 aromatic heterocycles. The van der Waals surface area contributed by atoms with Gasteiger partial charge in [0.2, 0.25) is 0 Å². The van der Waals surface area contributed by atoms with E-state index in [9.17, 15) is 4.79 Å². The summed E-state index contributed by atoms with van der Waals surface area (Å²) in [6, 6.07) is 14.6. The Morgan fingerprint density at radius 3 is 2.61 bits per heavy atom. The molecule has 0 aliphatic carbocycles. The second-order valence-corrected chi connectivity index (χ2v) is 6.91. The number of amides is 1. The van der Waals surface area contributed by atoms with E-state index < -0.39 is 0 Å². The summed E-state index contributed by atoms with van der Waals surface area (Å²) in [6.45, 7) is 6.84. The number of hydrogen-bond acceptors (Lipinski definition) is 4. The van der Waals surface area contributed by atoms with Crippen molar-refractivity contribution >= 4 is 28.9 Å². The molecule has 2 aromatic rings. The van der Waals surface area contributed by atoms with Gasteiger partial charge in [-0.25, -0.2) is 0 Å². The molecule has 0 fully saturated rings. The van der Waals surface area contributed by atoms with Gasteiger partial charge < -0.3 is 14.8 Å². The molecular formula is C22H28N2O3S. The maximum Gasteiger partial charge on any atom is 0.257 e. The van der Waals surface area contributed by atoms with Crippen LogP contribution in [0.5, 0.6) is 11.5 Å². The second-order valence-electron chi connectivity index (χ2n) is 6.50. The minimum absolute atomic E-state index is 0.0906. The van der Waals surface area contributed by atoms with Crippen molar-refractivity contribution < 1.29 is 14.3 Å². The average molecular weight is 401 g/mol. The van der Waals surface area contributed by atoms with E-state index in [2.05, 4.69) is 24.5 Å². The van der Waals surface area contributed by atoms with Gasteiger partial charge in [-0.3, -0.25) is 10.1 Å². The van der Waals surface area contributed by atoms with E-state index in [1.807, 2.05) is 37.3 Å². The number of benzene rings is 2. The van der Waals surface area contributed by atoms with Crippen molar-refractivity contribution in [3.8, 4) is 11.5 Å². The largest absolute Gasteiger partial charge is 0.494 e. The van der Waals surface area contributed by atoms with Crippen LogP contribution in [-0.4, -0.2) is 23.7 Å². The van der Waals surface area contributed by atoms with Gasteiger partial charge in [0, 0.05) is 17.3 Å². The number of hydrogen-bond donors (Lipinski definition) is 2. The fraction of sp³-hybridized carbons (Fsp3) is 0.364. The highest BCUT2D eigenvalue weighted by molar-refractivity contribution is 7.80. The molecule has 0 aliphatic rings. The topological polar surface area (TPSA) is 59.6 Å². The quantitative estimate of drug-likeness (QED) is 0.449. The number of carbonyl (C=O) groups is 1. The minimum Gasteiger partial charge on any atom is -0.494 e. The second kappa shape index (κ2) is 11.3. The summed E-state index contributed by atoms with van der Waals surface area (Å²) < 4.78 is 11.5. The maximum atomic E-state index is 12.5. The monoisotopic (exact) mass is 400 g/mol. The number of rotatable bonds is 9. The number of unbranched alkanes of at least 4 members (excludes halogenated alkanes) is 1. The fourth-order valence-corrected chi connectivity index (χ4v) is 2.57. The molecule has 0 aliphatic heterocycles. The molecule has 0 bridgehead atoms. The third-order valence-electron chi connectivity index (χ3n) is 4.09. The number of nitrogens with one attached hydrogen (secondary N) is 2. The first-order valence-corrected chi connectivity index (χ1v) is 10.0. The Hall–Kier alpha value is -2.60.